The predicted molar refractivity (Wildman–Crippen MR) is 55.7 cm³/mol. The number of carbonyl (C=O) groups excluding carboxylic acids is 1. The maximum atomic E-state index is 11.9. The fraction of sp³-hybridized carbons (Fsp3) is 0.909. The van der Waals surface area contributed by atoms with Gasteiger partial charge in [-0.05, 0) is 19.3 Å². The Hall–Kier alpha value is -0.570. The summed E-state index contributed by atoms with van der Waals surface area (Å²) in [6, 6.07) is 0.535. The number of carbonyl (C=O) groups is 1. The van der Waals surface area contributed by atoms with Gasteiger partial charge in [0.1, 0.15) is 0 Å². The van der Waals surface area contributed by atoms with Gasteiger partial charge in [0.2, 0.25) is 5.91 Å². The maximum absolute atomic E-state index is 11.9. The molecule has 2 N–H and O–H groups in total. The molecule has 1 aliphatic carbocycles. The molecule has 3 heteroatoms. The van der Waals surface area contributed by atoms with Crippen LogP contribution in [0.4, 0.5) is 0 Å². The quantitative estimate of drug-likeness (QED) is 0.719. The smallest absolute Gasteiger partial charge is 0.227 e. The molecule has 1 saturated heterocycles. The first-order chi connectivity index (χ1) is 6.83. The lowest BCUT2D eigenvalue weighted by Gasteiger charge is -2.31. The van der Waals surface area contributed by atoms with E-state index in [1.54, 1.807) is 0 Å². The molecular formula is C11H20N2O. The van der Waals surface area contributed by atoms with Crippen molar-refractivity contribution in [2.75, 3.05) is 13.1 Å². The molecule has 0 radical (unpaired) electrons. The highest BCUT2D eigenvalue weighted by Gasteiger charge is 2.35. The highest BCUT2D eigenvalue weighted by Crippen LogP contribution is 2.28. The first kappa shape index (κ1) is 9.97. The molecule has 1 saturated carbocycles. The first-order valence-electron chi connectivity index (χ1n) is 5.83. The van der Waals surface area contributed by atoms with E-state index in [1.807, 2.05) is 0 Å². The van der Waals surface area contributed by atoms with Crippen molar-refractivity contribution in [3.63, 3.8) is 0 Å². The van der Waals surface area contributed by atoms with Crippen molar-refractivity contribution in [3.05, 3.63) is 0 Å². The summed E-state index contributed by atoms with van der Waals surface area (Å²) < 4.78 is 0. The molecule has 0 spiro atoms. The minimum Gasteiger partial charge on any atom is -0.339 e. The number of likely N-dealkylation sites (tertiary alicyclic amines) is 1. The highest BCUT2D eigenvalue weighted by atomic mass is 16.2. The van der Waals surface area contributed by atoms with Crippen molar-refractivity contribution < 1.29 is 4.79 Å². The molecule has 2 rings (SSSR count). The normalized spacial score (nSPS) is 29.9. The summed E-state index contributed by atoms with van der Waals surface area (Å²) in [5.41, 5.74) is 5.57. The number of amides is 1. The average Bonchev–Trinajstić information content (AvgIpc) is 2.61. The molecule has 0 bridgehead atoms. The second-order valence-corrected chi connectivity index (χ2v) is 4.54. The van der Waals surface area contributed by atoms with Crippen LogP contribution in [0.2, 0.25) is 0 Å². The summed E-state index contributed by atoms with van der Waals surface area (Å²) in [5, 5.41) is 0. The molecular weight excluding hydrogens is 176 g/mol. The van der Waals surface area contributed by atoms with Crippen LogP contribution in [-0.2, 0) is 4.79 Å². The van der Waals surface area contributed by atoms with Crippen LogP contribution in [-0.4, -0.2) is 29.9 Å². The molecule has 0 aromatic carbocycles. The van der Waals surface area contributed by atoms with Crippen LogP contribution < -0.4 is 5.73 Å². The molecule has 1 unspecified atom stereocenters. The van der Waals surface area contributed by atoms with Crippen LogP contribution >= 0.6 is 0 Å². The van der Waals surface area contributed by atoms with Gasteiger partial charge in [-0.15, -0.1) is 0 Å². The van der Waals surface area contributed by atoms with E-state index in [0.29, 0.717) is 18.5 Å². The van der Waals surface area contributed by atoms with Crippen LogP contribution in [0.1, 0.15) is 38.5 Å². The molecule has 1 heterocycles. The van der Waals surface area contributed by atoms with Crippen LogP contribution in [0, 0.1) is 5.92 Å². The third-order valence-corrected chi connectivity index (χ3v) is 3.65. The van der Waals surface area contributed by atoms with E-state index in [4.69, 9.17) is 5.73 Å². The van der Waals surface area contributed by atoms with Crippen LogP contribution in [0.5, 0.6) is 0 Å². The molecule has 1 amide bonds. The van der Waals surface area contributed by atoms with Crippen molar-refractivity contribution in [1.29, 1.82) is 0 Å². The third kappa shape index (κ3) is 1.78. The lowest BCUT2D eigenvalue weighted by Crippen LogP contribution is -2.39. The SMILES string of the molecule is NCC1CCN(C2CCCCC2)C1=O. The van der Waals surface area contributed by atoms with Gasteiger partial charge >= 0.3 is 0 Å². The van der Waals surface area contributed by atoms with Crippen LogP contribution in [0.15, 0.2) is 0 Å². The summed E-state index contributed by atoms with van der Waals surface area (Å²) in [6.07, 6.45) is 7.33. The van der Waals surface area contributed by atoms with Gasteiger partial charge in [0.15, 0.2) is 0 Å². The predicted octanol–water partition coefficient (Wildman–Crippen LogP) is 1.13. The van der Waals surface area contributed by atoms with Gasteiger partial charge in [-0.2, -0.15) is 0 Å². The Morgan fingerprint density at radius 1 is 1.21 bits per heavy atom. The number of hydrogen-bond donors (Lipinski definition) is 1. The fourth-order valence-electron chi connectivity index (χ4n) is 2.74. The monoisotopic (exact) mass is 196 g/mol. The Bertz CT molecular complexity index is 211. The van der Waals surface area contributed by atoms with Crippen molar-refractivity contribution in [2.45, 2.75) is 44.6 Å². The van der Waals surface area contributed by atoms with E-state index in [0.717, 1.165) is 13.0 Å². The summed E-state index contributed by atoms with van der Waals surface area (Å²) in [7, 11) is 0. The minimum atomic E-state index is 0.122. The molecule has 1 aliphatic heterocycles. The average molecular weight is 196 g/mol. The molecule has 1 atom stereocenters. The van der Waals surface area contributed by atoms with E-state index in [2.05, 4.69) is 4.90 Å². The topological polar surface area (TPSA) is 46.3 Å². The van der Waals surface area contributed by atoms with E-state index < -0.39 is 0 Å². The standard InChI is InChI=1S/C11H20N2O/c12-8-9-6-7-13(11(9)14)10-4-2-1-3-5-10/h9-10H,1-8,12H2. The van der Waals surface area contributed by atoms with E-state index in [-0.39, 0.29) is 5.92 Å². The molecule has 0 aromatic rings. The molecule has 14 heavy (non-hydrogen) atoms. The Kier molecular flexibility index (Phi) is 3.06. The Labute approximate surface area is 85.6 Å². The lowest BCUT2D eigenvalue weighted by molar-refractivity contribution is -0.133. The highest BCUT2D eigenvalue weighted by molar-refractivity contribution is 5.81. The third-order valence-electron chi connectivity index (χ3n) is 3.65. The molecule has 3 nitrogen and oxygen atoms in total. The van der Waals surface area contributed by atoms with Gasteiger partial charge in [-0.3, -0.25) is 4.79 Å². The second kappa shape index (κ2) is 4.30. The number of nitrogens with two attached hydrogens (primary N) is 1. The number of rotatable bonds is 2. The number of hydrogen-bond acceptors (Lipinski definition) is 2. The Morgan fingerprint density at radius 2 is 1.93 bits per heavy atom. The van der Waals surface area contributed by atoms with Crippen molar-refractivity contribution in [2.24, 2.45) is 11.7 Å². The van der Waals surface area contributed by atoms with Gasteiger partial charge in [0.05, 0.1) is 5.92 Å². The zero-order valence-corrected chi connectivity index (χ0v) is 8.74. The zero-order valence-electron chi connectivity index (χ0n) is 8.74. The van der Waals surface area contributed by atoms with E-state index >= 15 is 0 Å². The molecule has 2 fully saturated rings. The Morgan fingerprint density at radius 3 is 2.50 bits per heavy atom. The summed E-state index contributed by atoms with van der Waals surface area (Å²) in [5.74, 6) is 0.441. The van der Waals surface area contributed by atoms with Gasteiger partial charge in [-0.1, -0.05) is 19.3 Å². The lowest BCUT2D eigenvalue weighted by atomic mass is 9.94. The van der Waals surface area contributed by atoms with Gasteiger partial charge < -0.3 is 10.6 Å². The number of nitrogens with zero attached hydrogens (tertiary/aromatic N) is 1. The summed E-state index contributed by atoms with van der Waals surface area (Å²) >= 11 is 0. The van der Waals surface area contributed by atoms with Crippen LogP contribution in [0.3, 0.4) is 0 Å². The summed E-state index contributed by atoms with van der Waals surface area (Å²) in [4.78, 5) is 14.0. The second-order valence-electron chi connectivity index (χ2n) is 4.54. The minimum absolute atomic E-state index is 0.122. The van der Waals surface area contributed by atoms with Gasteiger partial charge in [0.25, 0.3) is 0 Å². The fourth-order valence-corrected chi connectivity index (χ4v) is 2.74. The first-order valence-corrected chi connectivity index (χ1v) is 5.83. The van der Waals surface area contributed by atoms with Crippen molar-refractivity contribution in [1.82, 2.24) is 4.90 Å². The van der Waals surface area contributed by atoms with E-state index in [1.165, 1.54) is 32.1 Å². The largest absolute Gasteiger partial charge is 0.339 e. The van der Waals surface area contributed by atoms with E-state index in [9.17, 15) is 4.79 Å². The van der Waals surface area contributed by atoms with Crippen molar-refractivity contribution >= 4 is 5.91 Å². The maximum Gasteiger partial charge on any atom is 0.227 e. The zero-order chi connectivity index (χ0) is 9.97. The van der Waals surface area contributed by atoms with Crippen molar-refractivity contribution in [3.8, 4) is 0 Å². The van der Waals surface area contributed by atoms with Gasteiger partial charge in [-0.25, -0.2) is 0 Å². The molecule has 0 aromatic heterocycles. The van der Waals surface area contributed by atoms with Crippen LogP contribution in [0.25, 0.3) is 0 Å². The Balaban J connectivity index is 1.94. The van der Waals surface area contributed by atoms with Gasteiger partial charge in [0, 0.05) is 19.1 Å². The molecule has 80 valence electrons. The molecule has 2 aliphatic rings. The summed E-state index contributed by atoms with van der Waals surface area (Å²) in [6.45, 7) is 1.48.